The molecule has 0 aliphatic heterocycles. The van der Waals surface area contributed by atoms with Crippen LogP contribution in [-0.4, -0.2) is 14.9 Å². The molecule has 0 atom stereocenters. The van der Waals surface area contributed by atoms with Gasteiger partial charge in [0.05, 0.1) is 10.4 Å². The highest BCUT2D eigenvalue weighted by atomic mass is 19.1. The first-order valence-electron chi connectivity index (χ1n) is 3.46. The Morgan fingerprint density at radius 3 is 3.00 bits per heavy atom. The van der Waals surface area contributed by atoms with Crippen molar-refractivity contribution >= 4 is 10.9 Å². The Hall–Kier alpha value is -1.98. The Kier molecular flexibility index (Phi) is 1.48. The molecule has 0 spiro atoms. The minimum absolute atomic E-state index is 0.284. The Bertz CT molecular complexity index is 480. The molecule has 0 N–H and O–H groups in total. The highest BCUT2D eigenvalue weighted by molar-refractivity contribution is 5.78. The van der Waals surface area contributed by atoms with Crippen molar-refractivity contribution in [1.82, 2.24) is 9.89 Å². The maximum Gasteiger partial charge on any atom is 0.175 e. The normalized spacial score (nSPS) is 10.5. The van der Waals surface area contributed by atoms with Crippen LogP contribution in [-0.2, 0) is 0 Å². The number of benzene rings is 1. The minimum Gasteiger partial charge on any atom is -0.339 e. The summed E-state index contributed by atoms with van der Waals surface area (Å²) < 4.78 is 12.6. The van der Waals surface area contributed by atoms with Gasteiger partial charge < -0.3 is 10.1 Å². The highest BCUT2D eigenvalue weighted by Crippen LogP contribution is 2.14. The number of hydrogen-bond acceptors (Lipinski definition) is 3. The van der Waals surface area contributed by atoms with E-state index in [1.165, 1.54) is 18.3 Å². The van der Waals surface area contributed by atoms with Crippen LogP contribution in [0.5, 0.6) is 0 Å². The van der Waals surface area contributed by atoms with Crippen molar-refractivity contribution in [3.8, 4) is 0 Å². The van der Waals surface area contributed by atoms with E-state index in [4.69, 9.17) is 0 Å². The predicted molar refractivity (Wildman–Crippen MR) is 42.1 cm³/mol. The molecule has 6 heteroatoms. The summed E-state index contributed by atoms with van der Waals surface area (Å²) in [6.45, 7) is 0. The van der Waals surface area contributed by atoms with Gasteiger partial charge in [-0.2, -0.15) is 0 Å². The number of fused-ring (bicyclic) bond motifs is 1. The summed E-state index contributed by atoms with van der Waals surface area (Å²) in [5.74, 6) is -0.435. The molecular formula is C7H4FN3O2. The second-order valence-electron chi connectivity index (χ2n) is 2.47. The third kappa shape index (κ3) is 1.12. The number of hydrogen-bond donors (Lipinski definition) is 0. The maximum atomic E-state index is 12.6. The number of halogens is 1. The molecular weight excluding hydrogens is 177 g/mol. The standard InChI is InChI=1S/C7H4FN3O2/c8-6-1-2-7-5(3-6)4-9-10(7)11(12)13/h1-4H. The molecule has 0 aliphatic rings. The summed E-state index contributed by atoms with van der Waals surface area (Å²) in [5, 5.41) is 13.6. The van der Waals surface area contributed by atoms with Gasteiger partial charge in [-0.25, -0.2) is 4.39 Å². The molecule has 5 nitrogen and oxygen atoms in total. The molecule has 0 saturated carbocycles. The molecule has 0 amide bonds. The van der Waals surface area contributed by atoms with Crippen LogP contribution in [0.25, 0.3) is 10.9 Å². The summed E-state index contributed by atoms with van der Waals surface area (Å²) in [6.07, 6.45) is 1.25. The number of rotatable bonds is 1. The molecule has 1 aromatic carbocycles. The zero-order valence-corrected chi connectivity index (χ0v) is 6.35. The lowest BCUT2D eigenvalue weighted by molar-refractivity contribution is -0.548. The van der Waals surface area contributed by atoms with E-state index in [0.29, 0.717) is 10.2 Å². The van der Waals surface area contributed by atoms with E-state index in [2.05, 4.69) is 5.10 Å². The smallest absolute Gasteiger partial charge is 0.175 e. The topological polar surface area (TPSA) is 61.0 Å². The molecule has 2 aromatic rings. The lowest BCUT2D eigenvalue weighted by Crippen LogP contribution is -2.09. The van der Waals surface area contributed by atoms with Gasteiger partial charge in [0.15, 0.2) is 6.20 Å². The van der Waals surface area contributed by atoms with E-state index in [1.807, 2.05) is 0 Å². The van der Waals surface area contributed by atoms with E-state index in [0.717, 1.165) is 6.07 Å². The van der Waals surface area contributed by atoms with Gasteiger partial charge in [-0.15, -0.1) is 0 Å². The van der Waals surface area contributed by atoms with Crippen molar-refractivity contribution in [3.05, 3.63) is 40.3 Å². The number of nitrogens with zero attached hydrogens (tertiary/aromatic N) is 3. The fraction of sp³-hybridized carbons (Fsp3) is 0. The first-order chi connectivity index (χ1) is 6.18. The molecule has 0 bridgehead atoms. The number of aromatic nitrogens is 2. The fourth-order valence-electron chi connectivity index (χ4n) is 1.12. The summed E-state index contributed by atoms with van der Waals surface area (Å²) in [4.78, 5) is 11.0. The molecule has 0 radical (unpaired) electrons. The van der Waals surface area contributed by atoms with Crippen molar-refractivity contribution in [2.24, 2.45) is 0 Å². The SMILES string of the molecule is O=[N+]([O-])n1ncc2cc(F)ccc21. The molecule has 0 fully saturated rings. The zero-order chi connectivity index (χ0) is 9.42. The van der Waals surface area contributed by atoms with Gasteiger partial charge in [-0.3, -0.25) is 0 Å². The summed E-state index contributed by atoms with van der Waals surface area (Å²) in [5.41, 5.74) is 0.284. The maximum absolute atomic E-state index is 12.6. The Labute approximate surface area is 71.5 Å². The monoisotopic (exact) mass is 181 g/mol. The third-order valence-electron chi connectivity index (χ3n) is 1.67. The van der Waals surface area contributed by atoms with E-state index < -0.39 is 10.8 Å². The molecule has 13 heavy (non-hydrogen) atoms. The second kappa shape index (κ2) is 2.51. The molecule has 0 saturated heterocycles. The average Bonchev–Trinajstić information content (AvgIpc) is 2.46. The number of nitro groups is 1. The Morgan fingerprint density at radius 2 is 2.31 bits per heavy atom. The minimum atomic E-state index is -0.666. The van der Waals surface area contributed by atoms with E-state index >= 15 is 0 Å². The fourth-order valence-corrected chi connectivity index (χ4v) is 1.12. The van der Waals surface area contributed by atoms with Crippen molar-refractivity contribution in [3.63, 3.8) is 0 Å². The first kappa shape index (κ1) is 7.66. The van der Waals surface area contributed by atoms with Crippen LogP contribution in [0.15, 0.2) is 24.4 Å². The van der Waals surface area contributed by atoms with E-state index in [-0.39, 0.29) is 5.52 Å². The molecule has 1 aromatic heterocycles. The molecule has 2 rings (SSSR count). The van der Waals surface area contributed by atoms with Crippen LogP contribution >= 0.6 is 0 Å². The lowest BCUT2D eigenvalue weighted by Gasteiger charge is -1.92. The van der Waals surface area contributed by atoms with Gasteiger partial charge in [-0.1, -0.05) is 0 Å². The quantitative estimate of drug-likeness (QED) is 0.490. The zero-order valence-electron chi connectivity index (χ0n) is 6.35. The predicted octanol–water partition coefficient (Wildman–Crippen LogP) is 1.22. The molecule has 0 aliphatic carbocycles. The van der Waals surface area contributed by atoms with Crippen LogP contribution in [0.1, 0.15) is 0 Å². The third-order valence-corrected chi connectivity index (χ3v) is 1.67. The van der Waals surface area contributed by atoms with Gasteiger partial charge in [0.2, 0.25) is 0 Å². The Balaban J connectivity index is 2.76. The first-order valence-corrected chi connectivity index (χ1v) is 3.46. The molecule has 1 heterocycles. The van der Waals surface area contributed by atoms with Crippen molar-refractivity contribution < 1.29 is 9.42 Å². The van der Waals surface area contributed by atoms with Crippen LogP contribution in [0.4, 0.5) is 4.39 Å². The van der Waals surface area contributed by atoms with Gasteiger partial charge in [0.25, 0.3) is 0 Å². The van der Waals surface area contributed by atoms with Crippen molar-refractivity contribution in [2.45, 2.75) is 0 Å². The van der Waals surface area contributed by atoms with Crippen molar-refractivity contribution in [2.75, 3.05) is 0 Å². The van der Waals surface area contributed by atoms with Crippen LogP contribution in [0.2, 0.25) is 0 Å². The van der Waals surface area contributed by atoms with Gasteiger partial charge in [0, 0.05) is 9.89 Å². The van der Waals surface area contributed by atoms with Gasteiger partial charge in [0.1, 0.15) is 11.3 Å². The van der Waals surface area contributed by atoms with E-state index in [9.17, 15) is 14.5 Å². The highest BCUT2D eigenvalue weighted by Gasteiger charge is 2.10. The average molecular weight is 181 g/mol. The van der Waals surface area contributed by atoms with Gasteiger partial charge >= 0.3 is 0 Å². The Morgan fingerprint density at radius 1 is 1.54 bits per heavy atom. The summed E-state index contributed by atoms with van der Waals surface area (Å²) in [7, 11) is 0. The summed E-state index contributed by atoms with van der Waals surface area (Å²) in [6, 6.07) is 3.67. The van der Waals surface area contributed by atoms with Crippen molar-refractivity contribution in [1.29, 1.82) is 0 Å². The second-order valence-corrected chi connectivity index (χ2v) is 2.47. The van der Waals surface area contributed by atoms with Gasteiger partial charge in [-0.05, 0) is 18.2 Å². The van der Waals surface area contributed by atoms with Crippen LogP contribution in [0.3, 0.4) is 0 Å². The van der Waals surface area contributed by atoms with E-state index in [1.54, 1.807) is 0 Å². The molecule has 66 valence electrons. The van der Waals surface area contributed by atoms with Crippen LogP contribution < -0.4 is 0 Å². The molecule has 0 unspecified atom stereocenters. The summed E-state index contributed by atoms with van der Waals surface area (Å²) >= 11 is 0. The lowest BCUT2D eigenvalue weighted by atomic mass is 10.2. The largest absolute Gasteiger partial charge is 0.339 e. The van der Waals surface area contributed by atoms with Crippen LogP contribution in [0, 0.1) is 15.9 Å².